The monoisotopic (exact) mass is 325 g/mol. The molecule has 0 radical (unpaired) electrons. The van der Waals surface area contributed by atoms with Crippen LogP contribution in [0.2, 0.25) is 0 Å². The standard InChI is InChI=1S/C15H20BrNO2/c1-11-6-7-12(10-14(11)16)15(19)17(8-9-18)13-4-2-3-5-13/h6-7,10,13,18H,2-5,8-9H2,1H3. The first kappa shape index (κ1) is 14.5. The molecule has 0 aromatic heterocycles. The molecule has 1 aromatic rings. The van der Waals surface area contributed by atoms with E-state index in [-0.39, 0.29) is 12.5 Å². The normalized spacial score (nSPS) is 15.7. The third-order valence-corrected chi connectivity index (χ3v) is 4.64. The van der Waals surface area contributed by atoms with Crippen molar-refractivity contribution in [2.45, 2.75) is 38.6 Å². The van der Waals surface area contributed by atoms with Gasteiger partial charge in [-0.05, 0) is 37.5 Å². The lowest BCUT2D eigenvalue weighted by molar-refractivity contribution is 0.0638. The first-order valence-electron chi connectivity index (χ1n) is 6.81. The zero-order chi connectivity index (χ0) is 13.8. The molecule has 1 aliphatic rings. The quantitative estimate of drug-likeness (QED) is 0.923. The summed E-state index contributed by atoms with van der Waals surface area (Å²) in [5.74, 6) is 0.0293. The Labute approximate surface area is 122 Å². The Balaban J connectivity index is 2.20. The smallest absolute Gasteiger partial charge is 0.254 e. The van der Waals surface area contributed by atoms with Crippen LogP contribution in [-0.4, -0.2) is 35.1 Å². The molecule has 1 saturated carbocycles. The highest BCUT2D eigenvalue weighted by Crippen LogP contribution is 2.26. The van der Waals surface area contributed by atoms with Crippen LogP contribution in [0, 0.1) is 6.92 Å². The second-order valence-corrected chi connectivity index (χ2v) is 5.98. The molecule has 19 heavy (non-hydrogen) atoms. The maximum Gasteiger partial charge on any atom is 0.254 e. The van der Waals surface area contributed by atoms with Crippen molar-refractivity contribution in [2.75, 3.05) is 13.2 Å². The van der Waals surface area contributed by atoms with Gasteiger partial charge in [-0.3, -0.25) is 4.79 Å². The molecule has 1 aromatic carbocycles. The van der Waals surface area contributed by atoms with Crippen LogP contribution in [0.4, 0.5) is 0 Å². The van der Waals surface area contributed by atoms with Crippen LogP contribution in [0.1, 0.15) is 41.6 Å². The Morgan fingerprint density at radius 2 is 2.11 bits per heavy atom. The molecular weight excluding hydrogens is 306 g/mol. The molecule has 1 aliphatic carbocycles. The molecule has 3 nitrogen and oxygen atoms in total. The van der Waals surface area contributed by atoms with E-state index < -0.39 is 0 Å². The van der Waals surface area contributed by atoms with Crippen molar-refractivity contribution in [1.29, 1.82) is 0 Å². The zero-order valence-electron chi connectivity index (χ0n) is 11.2. The molecule has 0 atom stereocenters. The lowest BCUT2D eigenvalue weighted by Gasteiger charge is -2.28. The lowest BCUT2D eigenvalue weighted by Crippen LogP contribution is -2.40. The van der Waals surface area contributed by atoms with Gasteiger partial charge in [0.15, 0.2) is 0 Å². The summed E-state index contributed by atoms with van der Waals surface area (Å²) >= 11 is 3.47. The molecule has 0 spiro atoms. The van der Waals surface area contributed by atoms with Gasteiger partial charge >= 0.3 is 0 Å². The number of amides is 1. The molecule has 4 heteroatoms. The third-order valence-electron chi connectivity index (χ3n) is 3.79. The van der Waals surface area contributed by atoms with Crippen LogP contribution in [0.3, 0.4) is 0 Å². The van der Waals surface area contributed by atoms with Crippen molar-refractivity contribution in [1.82, 2.24) is 4.90 Å². The van der Waals surface area contributed by atoms with Gasteiger partial charge in [-0.1, -0.05) is 34.8 Å². The highest BCUT2D eigenvalue weighted by atomic mass is 79.9. The van der Waals surface area contributed by atoms with Gasteiger partial charge < -0.3 is 10.0 Å². The number of nitrogens with zero attached hydrogens (tertiary/aromatic N) is 1. The van der Waals surface area contributed by atoms with E-state index in [0.29, 0.717) is 18.2 Å². The number of hydrogen-bond acceptors (Lipinski definition) is 2. The lowest BCUT2D eigenvalue weighted by atomic mass is 10.1. The zero-order valence-corrected chi connectivity index (χ0v) is 12.8. The van der Waals surface area contributed by atoms with Crippen molar-refractivity contribution in [3.63, 3.8) is 0 Å². The van der Waals surface area contributed by atoms with E-state index in [4.69, 9.17) is 0 Å². The molecule has 0 heterocycles. The van der Waals surface area contributed by atoms with Gasteiger partial charge in [-0.2, -0.15) is 0 Å². The van der Waals surface area contributed by atoms with E-state index in [1.54, 1.807) is 0 Å². The van der Waals surface area contributed by atoms with Crippen LogP contribution in [0.15, 0.2) is 22.7 Å². The number of hydrogen-bond donors (Lipinski definition) is 1. The minimum atomic E-state index is 0.0231. The molecule has 2 rings (SSSR count). The minimum absolute atomic E-state index is 0.0231. The Kier molecular flexibility index (Phi) is 4.99. The summed E-state index contributed by atoms with van der Waals surface area (Å²) < 4.78 is 0.953. The summed E-state index contributed by atoms with van der Waals surface area (Å²) in [6.45, 7) is 2.45. The largest absolute Gasteiger partial charge is 0.395 e. The second kappa shape index (κ2) is 6.53. The Morgan fingerprint density at radius 1 is 1.42 bits per heavy atom. The number of benzene rings is 1. The molecule has 0 unspecified atom stereocenters. The number of aryl methyl sites for hydroxylation is 1. The molecule has 104 valence electrons. The fraction of sp³-hybridized carbons (Fsp3) is 0.533. The highest BCUT2D eigenvalue weighted by molar-refractivity contribution is 9.10. The van der Waals surface area contributed by atoms with Crippen molar-refractivity contribution in [3.8, 4) is 0 Å². The van der Waals surface area contributed by atoms with Gasteiger partial charge in [0.1, 0.15) is 0 Å². The predicted octanol–water partition coefficient (Wildman–Crippen LogP) is 3.13. The van der Waals surface area contributed by atoms with E-state index in [9.17, 15) is 9.90 Å². The van der Waals surface area contributed by atoms with Gasteiger partial charge in [-0.25, -0.2) is 0 Å². The Hall–Kier alpha value is -0.870. The van der Waals surface area contributed by atoms with Crippen LogP contribution in [0.25, 0.3) is 0 Å². The van der Waals surface area contributed by atoms with Crippen LogP contribution in [0.5, 0.6) is 0 Å². The van der Waals surface area contributed by atoms with Crippen molar-refractivity contribution in [3.05, 3.63) is 33.8 Å². The summed E-state index contributed by atoms with van der Waals surface area (Å²) in [7, 11) is 0. The summed E-state index contributed by atoms with van der Waals surface area (Å²) in [5.41, 5.74) is 1.81. The summed E-state index contributed by atoms with van der Waals surface area (Å²) in [6, 6.07) is 5.97. The van der Waals surface area contributed by atoms with Gasteiger partial charge in [0.2, 0.25) is 0 Å². The average molecular weight is 326 g/mol. The molecule has 0 aliphatic heterocycles. The topological polar surface area (TPSA) is 40.5 Å². The van der Waals surface area contributed by atoms with E-state index >= 15 is 0 Å². The second-order valence-electron chi connectivity index (χ2n) is 5.12. The van der Waals surface area contributed by atoms with Gasteiger partial charge in [0.05, 0.1) is 6.61 Å². The summed E-state index contributed by atoms with van der Waals surface area (Å²) in [4.78, 5) is 14.4. The maximum atomic E-state index is 12.6. The van der Waals surface area contributed by atoms with Gasteiger partial charge in [0, 0.05) is 22.6 Å². The Bertz CT molecular complexity index is 455. The first-order valence-corrected chi connectivity index (χ1v) is 7.60. The SMILES string of the molecule is Cc1ccc(C(=O)N(CCO)C2CCCC2)cc1Br. The van der Waals surface area contributed by atoms with Crippen LogP contribution in [-0.2, 0) is 0 Å². The average Bonchev–Trinajstić information content (AvgIpc) is 2.92. The summed E-state index contributed by atoms with van der Waals surface area (Å²) in [6.07, 6.45) is 4.46. The number of halogens is 1. The highest BCUT2D eigenvalue weighted by Gasteiger charge is 2.27. The number of carbonyl (C=O) groups is 1. The molecule has 1 amide bonds. The first-order chi connectivity index (χ1) is 9.13. The number of aliphatic hydroxyl groups excluding tert-OH is 1. The molecule has 0 bridgehead atoms. The maximum absolute atomic E-state index is 12.6. The summed E-state index contributed by atoms with van der Waals surface area (Å²) in [5, 5.41) is 9.19. The van der Waals surface area contributed by atoms with E-state index in [2.05, 4.69) is 15.9 Å². The van der Waals surface area contributed by atoms with E-state index in [1.807, 2.05) is 30.0 Å². The molecule has 1 fully saturated rings. The van der Waals surface area contributed by atoms with E-state index in [0.717, 1.165) is 22.9 Å². The number of rotatable bonds is 4. The third kappa shape index (κ3) is 3.37. The fourth-order valence-electron chi connectivity index (χ4n) is 2.67. The molecule has 1 N–H and O–H groups in total. The molecular formula is C15H20BrNO2. The van der Waals surface area contributed by atoms with Gasteiger partial charge in [0.25, 0.3) is 5.91 Å². The molecule has 0 saturated heterocycles. The number of aliphatic hydroxyl groups is 1. The Morgan fingerprint density at radius 3 is 2.68 bits per heavy atom. The van der Waals surface area contributed by atoms with Crippen molar-refractivity contribution >= 4 is 21.8 Å². The van der Waals surface area contributed by atoms with Crippen molar-refractivity contribution in [2.24, 2.45) is 0 Å². The van der Waals surface area contributed by atoms with E-state index in [1.165, 1.54) is 12.8 Å². The fourth-order valence-corrected chi connectivity index (χ4v) is 3.04. The van der Waals surface area contributed by atoms with Crippen LogP contribution < -0.4 is 0 Å². The van der Waals surface area contributed by atoms with Gasteiger partial charge in [-0.15, -0.1) is 0 Å². The van der Waals surface area contributed by atoms with Crippen LogP contribution >= 0.6 is 15.9 Å². The minimum Gasteiger partial charge on any atom is -0.395 e. The predicted molar refractivity (Wildman–Crippen MR) is 79.3 cm³/mol. The van der Waals surface area contributed by atoms with Crippen molar-refractivity contribution < 1.29 is 9.90 Å². The number of carbonyl (C=O) groups excluding carboxylic acids is 1.